The highest BCUT2D eigenvalue weighted by molar-refractivity contribution is 6.52. The molecule has 3 atom stereocenters. The average Bonchev–Trinajstić information content (AvgIpc) is 2.46. The maximum absolute atomic E-state index is 12.7. The molecule has 0 aromatic heterocycles. The number of hydrogen-bond acceptors (Lipinski definition) is 2. The Morgan fingerprint density at radius 2 is 1.70 bits per heavy atom. The maximum Gasteiger partial charge on any atom is 0.172 e. The molecule has 1 saturated carbocycles. The van der Waals surface area contributed by atoms with Crippen LogP contribution in [0.2, 0.25) is 20.1 Å². The van der Waals surface area contributed by atoms with Crippen molar-refractivity contribution in [1.82, 2.24) is 0 Å². The predicted octanol–water partition coefficient (Wildman–Crippen LogP) is 5.24. The molecule has 0 spiro atoms. The number of methoxy groups -OCH3 is 1. The molecule has 0 heterocycles. The van der Waals surface area contributed by atoms with Gasteiger partial charge in [-0.3, -0.25) is 4.79 Å². The van der Waals surface area contributed by atoms with E-state index in [-0.39, 0.29) is 32.7 Å². The van der Waals surface area contributed by atoms with Crippen LogP contribution in [-0.2, 0) is 15.1 Å². The number of ether oxygens (including phenoxy) is 1. The lowest BCUT2D eigenvalue weighted by atomic mass is 9.59. The summed E-state index contributed by atoms with van der Waals surface area (Å²) in [5, 5.41) is 1.10. The highest BCUT2D eigenvalue weighted by Gasteiger charge is 2.57. The van der Waals surface area contributed by atoms with Gasteiger partial charge in [-0.1, -0.05) is 53.3 Å². The summed E-state index contributed by atoms with van der Waals surface area (Å²) in [5.74, 6) is -0.101. The molecular formula is C14H12Cl4O2. The molecule has 1 aromatic carbocycles. The van der Waals surface area contributed by atoms with E-state index in [1.54, 1.807) is 0 Å². The summed E-state index contributed by atoms with van der Waals surface area (Å²) < 4.78 is 5.61. The zero-order valence-electron chi connectivity index (χ0n) is 10.9. The minimum atomic E-state index is -1.04. The van der Waals surface area contributed by atoms with E-state index in [1.165, 1.54) is 7.11 Å². The van der Waals surface area contributed by atoms with Crippen LogP contribution in [0.3, 0.4) is 0 Å². The van der Waals surface area contributed by atoms with E-state index in [2.05, 4.69) is 0 Å². The van der Waals surface area contributed by atoms with Crippen LogP contribution in [-0.4, -0.2) is 12.9 Å². The van der Waals surface area contributed by atoms with E-state index in [9.17, 15) is 4.79 Å². The second-order valence-electron chi connectivity index (χ2n) is 5.37. The first-order valence-electron chi connectivity index (χ1n) is 6.32. The first-order valence-corrected chi connectivity index (χ1v) is 7.83. The number of halogens is 4. The van der Waals surface area contributed by atoms with E-state index in [0.717, 1.165) is 12.0 Å². The standard InChI is InChI=1S/C14H12Cl4O2/c1-5-6-3-4-14(20-2,13(5)19)8-7(6)9(15)11(17)12(18)10(8)16/h5-6H,3-4H2,1-2H3. The molecule has 20 heavy (non-hydrogen) atoms. The molecule has 2 bridgehead atoms. The Morgan fingerprint density at radius 1 is 1.10 bits per heavy atom. The number of ketones is 1. The molecule has 6 heteroatoms. The topological polar surface area (TPSA) is 26.3 Å². The van der Waals surface area contributed by atoms with Crippen molar-refractivity contribution in [2.75, 3.05) is 7.11 Å². The second-order valence-corrected chi connectivity index (χ2v) is 6.89. The second kappa shape index (κ2) is 4.76. The lowest BCUT2D eigenvalue weighted by Gasteiger charge is -2.49. The zero-order valence-corrected chi connectivity index (χ0v) is 13.9. The first kappa shape index (κ1) is 14.9. The minimum Gasteiger partial charge on any atom is -0.366 e. The highest BCUT2D eigenvalue weighted by Crippen LogP contribution is 2.60. The quantitative estimate of drug-likeness (QED) is 0.509. The molecule has 3 aliphatic rings. The maximum atomic E-state index is 12.7. The Morgan fingerprint density at radius 3 is 2.30 bits per heavy atom. The number of hydrogen-bond donors (Lipinski definition) is 0. The van der Waals surface area contributed by atoms with Gasteiger partial charge in [0.25, 0.3) is 0 Å². The molecule has 0 saturated heterocycles. The van der Waals surface area contributed by atoms with Crippen molar-refractivity contribution < 1.29 is 9.53 Å². The third-order valence-electron chi connectivity index (χ3n) is 4.65. The van der Waals surface area contributed by atoms with Gasteiger partial charge in [0.05, 0.1) is 20.1 Å². The number of carbonyl (C=O) groups excluding carboxylic acids is 1. The van der Waals surface area contributed by atoms with Crippen molar-refractivity contribution in [3.8, 4) is 0 Å². The molecule has 0 amide bonds. The normalized spacial score (nSPS) is 31.6. The molecule has 2 nitrogen and oxygen atoms in total. The highest BCUT2D eigenvalue weighted by atomic mass is 35.5. The number of rotatable bonds is 1. The van der Waals surface area contributed by atoms with Gasteiger partial charge in [0.1, 0.15) is 0 Å². The average molecular weight is 354 g/mol. The number of benzene rings is 1. The van der Waals surface area contributed by atoms with Crippen LogP contribution in [0.1, 0.15) is 36.8 Å². The lowest BCUT2D eigenvalue weighted by Crippen LogP contribution is -2.52. The Bertz CT molecular complexity index is 628. The first-order chi connectivity index (χ1) is 9.36. The third kappa shape index (κ3) is 1.60. The van der Waals surface area contributed by atoms with Gasteiger partial charge in [-0.25, -0.2) is 0 Å². The van der Waals surface area contributed by atoms with E-state index >= 15 is 0 Å². The van der Waals surface area contributed by atoms with Crippen molar-refractivity contribution in [2.45, 2.75) is 31.3 Å². The van der Waals surface area contributed by atoms with Crippen LogP contribution in [0.15, 0.2) is 0 Å². The summed E-state index contributed by atoms with van der Waals surface area (Å²) in [7, 11) is 1.52. The third-order valence-corrected chi connectivity index (χ3v) is 6.47. The Kier molecular flexibility index (Phi) is 3.55. The summed E-state index contributed by atoms with van der Waals surface area (Å²) in [6.45, 7) is 1.90. The Hall–Kier alpha value is 0.01000. The molecule has 0 radical (unpaired) electrons. The molecule has 1 fully saturated rings. The van der Waals surface area contributed by atoms with Gasteiger partial charge in [0.2, 0.25) is 0 Å². The van der Waals surface area contributed by atoms with Crippen LogP contribution in [0.5, 0.6) is 0 Å². The zero-order chi connectivity index (χ0) is 14.8. The van der Waals surface area contributed by atoms with Gasteiger partial charge in [0.15, 0.2) is 11.4 Å². The fraction of sp³-hybridized carbons (Fsp3) is 0.500. The Labute approximate surface area is 137 Å². The van der Waals surface area contributed by atoms with E-state index in [1.807, 2.05) is 6.92 Å². The van der Waals surface area contributed by atoms with Crippen LogP contribution in [0.4, 0.5) is 0 Å². The van der Waals surface area contributed by atoms with Gasteiger partial charge in [-0.15, -0.1) is 0 Å². The van der Waals surface area contributed by atoms with E-state index in [0.29, 0.717) is 17.0 Å². The van der Waals surface area contributed by atoms with Crippen molar-refractivity contribution in [3.05, 3.63) is 31.2 Å². The van der Waals surface area contributed by atoms with Gasteiger partial charge in [0, 0.05) is 18.6 Å². The molecule has 0 aliphatic heterocycles. The van der Waals surface area contributed by atoms with Gasteiger partial charge in [-0.2, -0.15) is 0 Å². The molecule has 3 aliphatic carbocycles. The Balaban J connectivity index is 2.44. The SMILES string of the molecule is COC12CCC(c3c(Cl)c(Cl)c(Cl)c(Cl)c31)C(C)C2=O. The van der Waals surface area contributed by atoms with Crippen LogP contribution in [0.25, 0.3) is 0 Å². The smallest absolute Gasteiger partial charge is 0.172 e. The summed E-state index contributed by atoms with van der Waals surface area (Å²) >= 11 is 25.0. The molecule has 1 aromatic rings. The van der Waals surface area contributed by atoms with Crippen LogP contribution in [0, 0.1) is 5.92 Å². The molecule has 0 N–H and O–H groups in total. The summed E-state index contributed by atoms with van der Waals surface area (Å²) in [6.07, 6.45) is 1.42. The summed E-state index contributed by atoms with van der Waals surface area (Å²) in [5.41, 5.74) is 0.394. The van der Waals surface area contributed by atoms with Gasteiger partial charge < -0.3 is 4.74 Å². The molecule has 3 unspecified atom stereocenters. The predicted molar refractivity (Wildman–Crippen MR) is 81.3 cm³/mol. The van der Waals surface area contributed by atoms with Crippen molar-refractivity contribution in [1.29, 1.82) is 0 Å². The van der Waals surface area contributed by atoms with Crippen LogP contribution < -0.4 is 0 Å². The number of Topliss-reactive ketones (excluding diaryl/α,β-unsaturated/α-hetero) is 1. The number of fused-ring (bicyclic) bond motifs is 2. The van der Waals surface area contributed by atoms with Crippen molar-refractivity contribution in [3.63, 3.8) is 0 Å². The van der Waals surface area contributed by atoms with E-state index in [4.69, 9.17) is 51.1 Å². The fourth-order valence-corrected chi connectivity index (χ4v) is 4.78. The molecule has 108 valence electrons. The van der Waals surface area contributed by atoms with Gasteiger partial charge >= 0.3 is 0 Å². The minimum absolute atomic E-state index is 0.0225. The van der Waals surface area contributed by atoms with Crippen molar-refractivity contribution >= 4 is 52.2 Å². The van der Waals surface area contributed by atoms with Crippen molar-refractivity contribution in [2.24, 2.45) is 5.92 Å². The summed E-state index contributed by atoms with van der Waals surface area (Å²) in [4.78, 5) is 12.7. The van der Waals surface area contributed by atoms with Crippen LogP contribution >= 0.6 is 46.4 Å². The molecule has 4 rings (SSSR count). The van der Waals surface area contributed by atoms with Gasteiger partial charge in [-0.05, 0) is 24.3 Å². The largest absolute Gasteiger partial charge is 0.366 e. The monoisotopic (exact) mass is 352 g/mol. The lowest BCUT2D eigenvalue weighted by molar-refractivity contribution is -0.155. The summed E-state index contributed by atoms with van der Waals surface area (Å²) in [6, 6.07) is 0. The number of carbonyl (C=O) groups is 1. The molecular weight excluding hydrogens is 342 g/mol. The fourth-order valence-electron chi connectivity index (χ4n) is 3.62. The van der Waals surface area contributed by atoms with E-state index < -0.39 is 5.60 Å².